The third-order valence-corrected chi connectivity index (χ3v) is 3.46. The molecule has 0 aliphatic carbocycles. The smallest absolute Gasteiger partial charge is 0.203 e. The van der Waals surface area contributed by atoms with Crippen LogP contribution in [0.5, 0.6) is 17.2 Å². The fourth-order valence-electron chi connectivity index (χ4n) is 2.08. The summed E-state index contributed by atoms with van der Waals surface area (Å²) in [6.45, 7) is 4.07. The monoisotopic (exact) mass is 306 g/mol. The molecule has 120 valence electrons. The molecular formula is C15H22N4O3. The topological polar surface area (TPSA) is 95.3 Å². The Morgan fingerprint density at radius 2 is 1.64 bits per heavy atom. The average Bonchev–Trinajstić information content (AvgIpc) is 3.02. The Morgan fingerprint density at radius 3 is 2.09 bits per heavy atom. The molecule has 1 atom stereocenters. The van der Waals surface area contributed by atoms with Crippen LogP contribution in [0.1, 0.15) is 25.7 Å². The molecule has 22 heavy (non-hydrogen) atoms. The number of nitrogens with zero attached hydrogens (tertiary/aromatic N) is 2. The van der Waals surface area contributed by atoms with Crippen molar-refractivity contribution in [1.82, 2.24) is 15.2 Å². The van der Waals surface area contributed by atoms with E-state index in [0.29, 0.717) is 28.9 Å². The van der Waals surface area contributed by atoms with E-state index in [1.807, 2.05) is 13.8 Å². The van der Waals surface area contributed by atoms with Crippen LogP contribution in [0, 0.1) is 5.92 Å². The van der Waals surface area contributed by atoms with E-state index in [2.05, 4.69) is 15.2 Å². The molecule has 0 radical (unpaired) electrons. The number of rotatable bonds is 6. The van der Waals surface area contributed by atoms with Gasteiger partial charge in [0, 0.05) is 5.56 Å². The summed E-state index contributed by atoms with van der Waals surface area (Å²) in [5, 5.41) is 7.12. The molecule has 1 heterocycles. The standard InChI is InChI=1S/C15H22N4O3/c1-8(2)12(16)15-17-14(18-19-15)9-6-10(20-3)13(22-5)11(7-9)21-4/h6-8,12H,16H2,1-5H3,(H,17,18,19). The Morgan fingerprint density at radius 1 is 1.05 bits per heavy atom. The van der Waals surface area contributed by atoms with Crippen molar-refractivity contribution in [3.8, 4) is 28.6 Å². The van der Waals surface area contributed by atoms with Crippen LogP contribution >= 0.6 is 0 Å². The number of benzene rings is 1. The molecule has 1 aromatic heterocycles. The van der Waals surface area contributed by atoms with E-state index in [0.717, 1.165) is 5.56 Å². The summed E-state index contributed by atoms with van der Waals surface area (Å²) >= 11 is 0. The van der Waals surface area contributed by atoms with Crippen molar-refractivity contribution in [3.63, 3.8) is 0 Å². The van der Waals surface area contributed by atoms with E-state index in [1.54, 1.807) is 33.5 Å². The molecule has 7 nitrogen and oxygen atoms in total. The van der Waals surface area contributed by atoms with Crippen molar-refractivity contribution in [2.45, 2.75) is 19.9 Å². The van der Waals surface area contributed by atoms with Crippen LogP contribution in [0.2, 0.25) is 0 Å². The summed E-state index contributed by atoms with van der Waals surface area (Å²) in [4.78, 5) is 4.46. The van der Waals surface area contributed by atoms with E-state index in [9.17, 15) is 0 Å². The number of H-pyrrole nitrogens is 1. The number of ether oxygens (including phenoxy) is 3. The van der Waals surface area contributed by atoms with E-state index in [-0.39, 0.29) is 12.0 Å². The summed E-state index contributed by atoms with van der Waals surface area (Å²) in [5.74, 6) is 3.08. The van der Waals surface area contributed by atoms with Crippen molar-refractivity contribution < 1.29 is 14.2 Å². The summed E-state index contributed by atoms with van der Waals surface area (Å²) in [7, 11) is 4.70. The number of methoxy groups -OCH3 is 3. The predicted molar refractivity (Wildman–Crippen MR) is 83.2 cm³/mol. The molecule has 2 aromatic rings. The quantitative estimate of drug-likeness (QED) is 0.849. The third kappa shape index (κ3) is 2.99. The van der Waals surface area contributed by atoms with E-state index < -0.39 is 0 Å². The molecule has 7 heteroatoms. The lowest BCUT2D eigenvalue weighted by atomic mass is 10.1. The van der Waals surface area contributed by atoms with Gasteiger partial charge >= 0.3 is 0 Å². The number of aromatic amines is 1. The molecule has 0 bridgehead atoms. The fourth-order valence-corrected chi connectivity index (χ4v) is 2.08. The highest BCUT2D eigenvalue weighted by atomic mass is 16.5. The number of hydrogen-bond donors (Lipinski definition) is 2. The summed E-state index contributed by atoms with van der Waals surface area (Å²) < 4.78 is 16.0. The van der Waals surface area contributed by atoms with Crippen molar-refractivity contribution >= 4 is 0 Å². The molecule has 0 amide bonds. The lowest BCUT2D eigenvalue weighted by Gasteiger charge is -2.13. The Hall–Kier alpha value is -2.28. The van der Waals surface area contributed by atoms with Gasteiger partial charge < -0.3 is 19.9 Å². The molecule has 0 saturated heterocycles. The van der Waals surface area contributed by atoms with Gasteiger partial charge in [-0.25, -0.2) is 4.98 Å². The first kappa shape index (κ1) is 16.1. The number of nitrogens with one attached hydrogen (secondary N) is 1. The number of aromatic nitrogens is 3. The van der Waals surface area contributed by atoms with Crippen molar-refractivity contribution in [2.75, 3.05) is 21.3 Å². The number of hydrogen-bond acceptors (Lipinski definition) is 6. The minimum absolute atomic E-state index is 0.191. The lowest BCUT2D eigenvalue weighted by molar-refractivity contribution is 0.324. The second kappa shape index (κ2) is 6.65. The summed E-state index contributed by atoms with van der Waals surface area (Å²) in [5.41, 5.74) is 6.84. The highest BCUT2D eigenvalue weighted by molar-refractivity contribution is 5.66. The molecule has 0 saturated carbocycles. The van der Waals surface area contributed by atoms with Crippen LogP contribution < -0.4 is 19.9 Å². The molecular weight excluding hydrogens is 284 g/mol. The Bertz CT molecular complexity index is 614. The van der Waals surface area contributed by atoms with Crippen LogP contribution in [0.15, 0.2) is 12.1 Å². The van der Waals surface area contributed by atoms with Crippen molar-refractivity contribution in [2.24, 2.45) is 11.7 Å². The van der Waals surface area contributed by atoms with Gasteiger partial charge in [-0.3, -0.25) is 5.10 Å². The minimum Gasteiger partial charge on any atom is -0.493 e. The van der Waals surface area contributed by atoms with Gasteiger partial charge in [0.25, 0.3) is 0 Å². The molecule has 1 aromatic carbocycles. The van der Waals surface area contributed by atoms with Gasteiger partial charge in [0.05, 0.1) is 27.4 Å². The molecule has 0 fully saturated rings. The molecule has 0 spiro atoms. The highest BCUT2D eigenvalue weighted by Crippen LogP contribution is 2.40. The zero-order valence-electron chi connectivity index (χ0n) is 13.5. The van der Waals surface area contributed by atoms with Crippen LogP contribution in [-0.2, 0) is 0 Å². The lowest BCUT2D eigenvalue weighted by Crippen LogP contribution is -2.18. The van der Waals surface area contributed by atoms with Crippen LogP contribution in [-0.4, -0.2) is 36.5 Å². The molecule has 1 unspecified atom stereocenters. The van der Waals surface area contributed by atoms with Gasteiger partial charge in [-0.2, -0.15) is 5.10 Å². The van der Waals surface area contributed by atoms with Crippen LogP contribution in [0.3, 0.4) is 0 Å². The second-order valence-corrected chi connectivity index (χ2v) is 5.23. The third-order valence-electron chi connectivity index (χ3n) is 3.46. The van der Waals surface area contributed by atoms with Gasteiger partial charge in [-0.05, 0) is 18.1 Å². The summed E-state index contributed by atoms with van der Waals surface area (Å²) in [6, 6.07) is 3.41. The normalized spacial score (nSPS) is 12.3. The van der Waals surface area contributed by atoms with Gasteiger partial charge in [-0.15, -0.1) is 0 Å². The predicted octanol–water partition coefficient (Wildman–Crippen LogP) is 2.15. The maximum Gasteiger partial charge on any atom is 0.203 e. The maximum atomic E-state index is 6.08. The van der Waals surface area contributed by atoms with Crippen molar-refractivity contribution in [3.05, 3.63) is 18.0 Å². The number of nitrogens with two attached hydrogens (primary N) is 1. The van der Waals surface area contributed by atoms with Crippen molar-refractivity contribution in [1.29, 1.82) is 0 Å². The minimum atomic E-state index is -0.191. The van der Waals surface area contributed by atoms with E-state index >= 15 is 0 Å². The zero-order chi connectivity index (χ0) is 16.3. The van der Waals surface area contributed by atoms with Gasteiger partial charge in [0.2, 0.25) is 5.75 Å². The maximum absolute atomic E-state index is 6.08. The molecule has 0 aliphatic rings. The van der Waals surface area contributed by atoms with Gasteiger partial charge in [0.15, 0.2) is 17.3 Å². The van der Waals surface area contributed by atoms with E-state index in [1.165, 1.54) is 0 Å². The first-order chi connectivity index (χ1) is 10.5. The summed E-state index contributed by atoms with van der Waals surface area (Å²) in [6.07, 6.45) is 0. The second-order valence-electron chi connectivity index (χ2n) is 5.23. The first-order valence-electron chi connectivity index (χ1n) is 7.00. The Labute approximate surface area is 129 Å². The SMILES string of the molecule is COc1cc(-c2n[nH]c(C(N)C(C)C)n2)cc(OC)c1OC. The largest absolute Gasteiger partial charge is 0.493 e. The average molecular weight is 306 g/mol. The van der Waals surface area contributed by atoms with Crippen LogP contribution in [0.25, 0.3) is 11.4 Å². The molecule has 2 rings (SSSR count). The Balaban J connectivity index is 2.45. The first-order valence-corrected chi connectivity index (χ1v) is 7.00. The fraction of sp³-hybridized carbons (Fsp3) is 0.467. The van der Waals surface area contributed by atoms with Gasteiger partial charge in [0.1, 0.15) is 5.82 Å². The Kier molecular flexibility index (Phi) is 4.87. The molecule has 3 N–H and O–H groups in total. The van der Waals surface area contributed by atoms with Crippen LogP contribution in [0.4, 0.5) is 0 Å². The van der Waals surface area contributed by atoms with Gasteiger partial charge in [-0.1, -0.05) is 13.8 Å². The van der Waals surface area contributed by atoms with E-state index in [4.69, 9.17) is 19.9 Å². The zero-order valence-corrected chi connectivity index (χ0v) is 13.5. The highest BCUT2D eigenvalue weighted by Gasteiger charge is 2.19. The molecule has 0 aliphatic heterocycles.